The number of anilines is 2. The fourth-order valence-electron chi connectivity index (χ4n) is 2.09. The van der Waals surface area contributed by atoms with Crippen LogP contribution in [0.3, 0.4) is 0 Å². The van der Waals surface area contributed by atoms with Crippen molar-refractivity contribution in [2.75, 3.05) is 5.32 Å². The van der Waals surface area contributed by atoms with E-state index in [1.165, 1.54) is 24.3 Å². The van der Waals surface area contributed by atoms with Crippen molar-refractivity contribution < 1.29 is 21.6 Å². The van der Waals surface area contributed by atoms with E-state index in [-0.39, 0.29) is 10.8 Å². The van der Waals surface area contributed by atoms with Crippen LogP contribution in [0.1, 0.15) is 5.56 Å². The third-order valence-corrected chi connectivity index (χ3v) is 5.42. The molecular formula is C14H9ClF3N5O2S. The summed E-state index contributed by atoms with van der Waals surface area (Å²) in [6.45, 7) is 0. The van der Waals surface area contributed by atoms with Gasteiger partial charge < -0.3 is 5.32 Å². The highest BCUT2D eigenvalue weighted by Gasteiger charge is 2.34. The maximum atomic E-state index is 12.9. The molecule has 0 radical (unpaired) electrons. The van der Waals surface area contributed by atoms with Crippen LogP contribution in [0.4, 0.5) is 24.8 Å². The number of tetrazole rings is 1. The molecule has 2 aromatic carbocycles. The van der Waals surface area contributed by atoms with Crippen molar-refractivity contribution in [3.63, 3.8) is 0 Å². The van der Waals surface area contributed by atoms with E-state index in [1.807, 2.05) is 0 Å². The van der Waals surface area contributed by atoms with Crippen molar-refractivity contribution in [3.05, 3.63) is 53.1 Å². The van der Waals surface area contributed by atoms with Crippen LogP contribution < -0.4 is 5.32 Å². The third kappa shape index (κ3) is 3.63. The molecule has 0 bridgehead atoms. The average molecular weight is 404 g/mol. The Kier molecular flexibility index (Phi) is 4.59. The maximum Gasteiger partial charge on any atom is 0.417 e. The molecule has 0 atom stereocenters. The number of rotatable bonds is 4. The maximum absolute atomic E-state index is 12.9. The van der Waals surface area contributed by atoms with E-state index >= 15 is 0 Å². The van der Waals surface area contributed by atoms with Crippen molar-refractivity contribution in [1.29, 1.82) is 0 Å². The van der Waals surface area contributed by atoms with E-state index < -0.39 is 31.5 Å². The number of hydrogen-bond donors (Lipinski definition) is 2. The number of sulfone groups is 1. The zero-order chi connectivity index (χ0) is 18.9. The minimum Gasteiger partial charge on any atom is -0.323 e. The van der Waals surface area contributed by atoms with Crippen LogP contribution in [-0.4, -0.2) is 29.0 Å². The smallest absolute Gasteiger partial charge is 0.323 e. The second kappa shape index (κ2) is 6.57. The molecular weight excluding hydrogens is 395 g/mol. The van der Waals surface area contributed by atoms with Gasteiger partial charge in [-0.2, -0.15) is 13.2 Å². The number of aromatic amines is 1. The van der Waals surface area contributed by atoms with Gasteiger partial charge in [-0.05, 0) is 52.9 Å². The Hall–Kier alpha value is -2.66. The molecule has 2 N–H and O–H groups in total. The Bertz CT molecular complexity index is 1020. The molecule has 0 unspecified atom stereocenters. The fourth-order valence-corrected chi connectivity index (χ4v) is 3.60. The monoisotopic (exact) mass is 403 g/mol. The number of aromatic nitrogens is 4. The highest BCUT2D eigenvalue weighted by Crippen LogP contribution is 2.37. The van der Waals surface area contributed by atoms with E-state index in [1.54, 1.807) is 0 Å². The molecule has 26 heavy (non-hydrogen) atoms. The van der Waals surface area contributed by atoms with Crippen LogP contribution in [0.2, 0.25) is 5.02 Å². The van der Waals surface area contributed by atoms with Crippen LogP contribution in [0.25, 0.3) is 0 Å². The SMILES string of the molecule is O=S(=O)(c1ccc(Nc2nnn[nH]2)cc1)c1ccc(Cl)c(C(F)(F)F)c1. The van der Waals surface area contributed by atoms with Gasteiger partial charge in [0.2, 0.25) is 15.8 Å². The Morgan fingerprint density at radius 2 is 1.69 bits per heavy atom. The zero-order valence-corrected chi connectivity index (χ0v) is 14.2. The molecule has 0 aliphatic heterocycles. The second-order valence-corrected chi connectivity index (χ2v) is 7.40. The molecule has 0 spiro atoms. The third-order valence-electron chi connectivity index (χ3n) is 3.33. The lowest BCUT2D eigenvalue weighted by Gasteiger charge is -2.12. The summed E-state index contributed by atoms with van der Waals surface area (Å²) < 4.78 is 64.0. The molecule has 0 saturated heterocycles. The molecule has 7 nitrogen and oxygen atoms in total. The summed E-state index contributed by atoms with van der Waals surface area (Å²) in [5.74, 6) is 0.244. The number of benzene rings is 2. The van der Waals surface area contributed by atoms with Crippen LogP contribution in [0, 0.1) is 0 Å². The van der Waals surface area contributed by atoms with Gasteiger partial charge in [0.1, 0.15) is 0 Å². The standard InChI is InChI=1S/C14H9ClF3N5O2S/c15-12-6-5-10(7-11(12)14(16,17)18)26(24,25)9-3-1-8(2-4-9)19-13-20-22-23-21-13/h1-7H,(H2,19,20,21,22,23). The van der Waals surface area contributed by atoms with Gasteiger partial charge in [-0.3, -0.25) is 0 Å². The van der Waals surface area contributed by atoms with Gasteiger partial charge in [-0.1, -0.05) is 16.7 Å². The van der Waals surface area contributed by atoms with Gasteiger partial charge >= 0.3 is 6.18 Å². The van der Waals surface area contributed by atoms with Gasteiger partial charge in [0.05, 0.1) is 20.4 Å². The fraction of sp³-hybridized carbons (Fsp3) is 0.0714. The van der Waals surface area contributed by atoms with E-state index in [0.717, 1.165) is 12.1 Å². The second-order valence-electron chi connectivity index (χ2n) is 5.04. The largest absolute Gasteiger partial charge is 0.417 e. The first-order valence-electron chi connectivity index (χ1n) is 6.90. The summed E-state index contributed by atoms with van der Waals surface area (Å²) in [7, 11) is -4.15. The molecule has 1 aromatic heterocycles. The minimum absolute atomic E-state index is 0.172. The predicted molar refractivity (Wildman–Crippen MR) is 85.8 cm³/mol. The van der Waals surface area contributed by atoms with Crippen molar-refractivity contribution in [2.24, 2.45) is 0 Å². The molecule has 1 heterocycles. The summed E-state index contributed by atoms with van der Waals surface area (Å²) >= 11 is 5.52. The van der Waals surface area contributed by atoms with Crippen molar-refractivity contribution >= 4 is 33.1 Å². The molecule has 3 rings (SSSR count). The lowest BCUT2D eigenvalue weighted by Crippen LogP contribution is -2.09. The first-order valence-corrected chi connectivity index (χ1v) is 8.77. The predicted octanol–water partition coefficient (Wildman–Crippen LogP) is 3.45. The normalized spacial score (nSPS) is 12.2. The first-order chi connectivity index (χ1) is 12.2. The van der Waals surface area contributed by atoms with Gasteiger partial charge in [0.25, 0.3) is 0 Å². The summed E-state index contributed by atoms with van der Waals surface area (Å²) in [6, 6.07) is 7.81. The summed E-state index contributed by atoms with van der Waals surface area (Å²) in [5.41, 5.74) is -0.731. The topological polar surface area (TPSA) is 101 Å². The number of halogens is 4. The quantitative estimate of drug-likeness (QED) is 0.692. The van der Waals surface area contributed by atoms with Crippen LogP contribution in [0.5, 0.6) is 0 Å². The number of nitrogens with zero attached hydrogens (tertiary/aromatic N) is 3. The molecule has 0 aliphatic carbocycles. The number of nitrogens with one attached hydrogen (secondary N) is 2. The number of hydrogen-bond acceptors (Lipinski definition) is 6. The van der Waals surface area contributed by atoms with Crippen LogP contribution in [0.15, 0.2) is 52.3 Å². The Morgan fingerprint density at radius 3 is 2.27 bits per heavy atom. The van der Waals surface area contributed by atoms with Gasteiger partial charge in [-0.25, -0.2) is 13.5 Å². The first kappa shape index (κ1) is 18.1. The Labute approximate surface area is 150 Å². The summed E-state index contributed by atoms with van der Waals surface area (Å²) in [4.78, 5) is -0.677. The highest BCUT2D eigenvalue weighted by molar-refractivity contribution is 7.91. The molecule has 0 aliphatic rings. The van der Waals surface area contributed by atoms with Gasteiger partial charge in [0, 0.05) is 5.69 Å². The summed E-state index contributed by atoms with van der Waals surface area (Å²) in [6.07, 6.45) is -4.76. The molecule has 0 amide bonds. The van der Waals surface area contributed by atoms with Crippen LogP contribution >= 0.6 is 11.6 Å². The van der Waals surface area contributed by atoms with Gasteiger partial charge in [0.15, 0.2) is 0 Å². The van der Waals surface area contributed by atoms with Crippen LogP contribution in [-0.2, 0) is 16.0 Å². The van der Waals surface area contributed by atoms with E-state index in [2.05, 4.69) is 25.9 Å². The van der Waals surface area contributed by atoms with Crippen molar-refractivity contribution in [3.8, 4) is 0 Å². The lowest BCUT2D eigenvalue weighted by molar-refractivity contribution is -0.137. The summed E-state index contributed by atoms with van der Waals surface area (Å²) in [5, 5.41) is 15.0. The molecule has 3 aromatic rings. The van der Waals surface area contributed by atoms with Crippen molar-refractivity contribution in [1.82, 2.24) is 20.6 Å². The van der Waals surface area contributed by atoms with E-state index in [4.69, 9.17) is 11.6 Å². The number of H-pyrrole nitrogens is 1. The highest BCUT2D eigenvalue weighted by atomic mass is 35.5. The molecule has 136 valence electrons. The molecule has 0 saturated carbocycles. The van der Waals surface area contributed by atoms with E-state index in [0.29, 0.717) is 11.8 Å². The average Bonchev–Trinajstić information content (AvgIpc) is 3.07. The Morgan fingerprint density at radius 1 is 1.04 bits per heavy atom. The van der Waals surface area contributed by atoms with Crippen molar-refractivity contribution in [2.45, 2.75) is 16.0 Å². The van der Waals surface area contributed by atoms with E-state index in [9.17, 15) is 21.6 Å². The molecule has 12 heteroatoms. The zero-order valence-electron chi connectivity index (χ0n) is 12.6. The number of alkyl halides is 3. The van der Waals surface area contributed by atoms with Gasteiger partial charge in [-0.15, -0.1) is 0 Å². The molecule has 0 fully saturated rings. The minimum atomic E-state index is -4.76. The lowest BCUT2D eigenvalue weighted by atomic mass is 10.2. The Balaban J connectivity index is 1.93.